The topological polar surface area (TPSA) is 40.5 Å². The van der Waals surface area contributed by atoms with Gasteiger partial charge in [0, 0.05) is 11.1 Å². The zero-order chi connectivity index (χ0) is 19.6. The highest BCUT2D eigenvalue weighted by Gasteiger charge is 2.44. The van der Waals surface area contributed by atoms with Gasteiger partial charge in [-0.1, -0.05) is 88.4 Å². The second-order valence-corrected chi connectivity index (χ2v) is 9.77. The molecule has 0 aliphatic carbocycles. The summed E-state index contributed by atoms with van der Waals surface area (Å²) in [6.45, 7) is 8.39. The lowest BCUT2D eigenvalue weighted by Gasteiger charge is -2.22. The first kappa shape index (κ1) is 19.8. The van der Waals surface area contributed by atoms with E-state index < -0.39 is 7.72 Å². The summed E-state index contributed by atoms with van der Waals surface area (Å²) in [6, 6.07) is 23.8. The maximum Gasteiger partial charge on any atom is 0.333 e. The Hall–Kier alpha value is -1.99. The summed E-state index contributed by atoms with van der Waals surface area (Å²) in [5, 5.41) is 1.32. The first-order valence-electron chi connectivity index (χ1n) is 9.46. The van der Waals surface area contributed by atoms with Crippen LogP contribution >= 0.6 is 7.72 Å². The maximum absolute atomic E-state index is 11.3. The monoisotopic (exact) mass is 379 g/mol. The fraction of sp³-hybridized carbons (Fsp3) is 0.250. The quantitative estimate of drug-likeness (QED) is 0.584. The van der Waals surface area contributed by atoms with Crippen molar-refractivity contribution in [1.29, 1.82) is 0 Å². The van der Waals surface area contributed by atoms with Gasteiger partial charge in [-0.25, -0.2) is 9.79 Å². The van der Waals surface area contributed by atoms with E-state index in [-0.39, 0.29) is 11.8 Å². The Bertz CT molecular complexity index is 871. The molecule has 0 fully saturated rings. The molecule has 0 aliphatic rings. The van der Waals surface area contributed by atoms with Gasteiger partial charge in [-0.05, 0) is 35.1 Å². The SMILES string of the molecule is CC(C)c1cccc(C(C)C)c1[P+](O)(O)c1ccc(-c2ccccc2)cc1. The maximum atomic E-state index is 11.3. The minimum absolute atomic E-state index is 0.223. The third-order valence-electron chi connectivity index (χ3n) is 4.99. The second-order valence-electron chi connectivity index (χ2n) is 7.61. The third-order valence-corrected chi connectivity index (χ3v) is 7.15. The lowest BCUT2D eigenvalue weighted by Crippen LogP contribution is -2.28. The summed E-state index contributed by atoms with van der Waals surface area (Å²) in [7, 11) is -3.44. The highest BCUT2D eigenvalue weighted by molar-refractivity contribution is 7.79. The number of benzene rings is 3. The number of rotatable bonds is 5. The van der Waals surface area contributed by atoms with Crippen LogP contribution in [0, 0.1) is 0 Å². The van der Waals surface area contributed by atoms with Gasteiger partial charge in [0.25, 0.3) is 0 Å². The van der Waals surface area contributed by atoms with Crippen LogP contribution in [0.4, 0.5) is 0 Å². The molecule has 0 unspecified atom stereocenters. The zero-order valence-electron chi connectivity index (χ0n) is 16.4. The van der Waals surface area contributed by atoms with Crippen LogP contribution in [0.25, 0.3) is 11.1 Å². The number of hydrogen-bond donors (Lipinski definition) is 2. The fourth-order valence-electron chi connectivity index (χ4n) is 3.49. The molecule has 0 aromatic heterocycles. The van der Waals surface area contributed by atoms with Gasteiger partial charge in [-0.2, -0.15) is 0 Å². The molecule has 3 aromatic carbocycles. The van der Waals surface area contributed by atoms with E-state index in [0.717, 1.165) is 27.6 Å². The minimum Gasteiger partial charge on any atom is -0.210 e. The molecule has 0 amide bonds. The molecule has 140 valence electrons. The standard InChI is InChI=1S/C24H28O2P/c1-17(2)22-11-8-12-23(18(3)4)24(22)27(25,26)21-15-13-20(14-16-21)19-9-6-5-7-10-19/h5-18,25-26H,1-4H3/q+1. The Morgan fingerprint density at radius 1 is 0.593 bits per heavy atom. The van der Waals surface area contributed by atoms with E-state index in [9.17, 15) is 9.79 Å². The Kier molecular flexibility index (Phi) is 5.81. The van der Waals surface area contributed by atoms with E-state index >= 15 is 0 Å². The average molecular weight is 379 g/mol. The molecule has 2 nitrogen and oxygen atoms in total. The summed E-state index contributed by atoms with van der Waals surface area (Å²) < 4.78 is 0. The molecular weight excluding hydrogens is 351 g/mol. The van der Waals surface area contributed by atoms with Crippen molar-refractivity contribution in [3.05, 3.63) is 83.9 Å². The summed E-state index contributed by atoms with van der Waals surface area (Å²) in [5.74, 6) is 0.446. The van der Waals surface area contributed by atoms with Crippen LogP contribution in [0.5, 0.6) is 0 Å². The molecule has 0 bridgehead atoms. The Morgan fingerprint density at radius 2 is 1.07 bits per heavy atom. The van der Waals surface area contributed by atoms with Crippen LogP contribution in [0.3, 0.4) is 0 Å². The van der Waals surface area contributed by atoms with E-state index in [1.54, 1.807) is 0 Å². The molecule has 0 atom stereocenters. The Balaban J connectivity index is 2.09. The largest absolute Gasteiger partial charge is 0.333 e. The summed E-state index contributed by atoms with van der Waals surface area (Å²) in [5.41, 5.74) is 4.23. The van der Waals surface area contributed by atoms with Crippen molar-refractivity contribution in [3.8, 4) is 11.1 Å². The molecule has 2 N–H and O–H groups in total. The van der Waals surface area contributed by atoms with Crippen molar-refractivity contribution >= 4 is 18.3 Å². The molecule has 27 heavy (non-hydrogen) atoms. The molecule has 3 heteroatoms. The van der Waals surface area contributed by atoms with Gasteiger partial charge >= 0.3 is 7.72 Å². The minimum atomic E-state index is -3.44. The molecule has 0 aliphatic heterocycles. The van der Waals surface area contributed by atoms with Crippen molar-refractivity contribution in [2.75, 3.05) is 0 Å². The van der Waals surface area contributed by atoms with E-state index in [2.05, 4.69) is 39.8 Å². The van der Waals surface area contributed by atoms with Crippen LogP contribution in [0.15, 0.2) is 72.8 Å². The normalized spacial score (nSPS) is 12.0. The summed E-state index contributed by atoms with van der Waals surface area (Å²) in [6.07, 6.45) is 0. The summed E-state index contributed by atoms with van der Waals surface area (Å²) in [4.78, 5) is 22.7. The molecule has 0 spiro atoms. The van der Waals surface area contributed by atoms with Crippen molar-refractivity contribution in [2.45, 2.75) is 39.5 Å². The smallest absolute Gasteiger partial charge is 0.210 e. The number of hydrogen-bond acceptors (Lipinski definition) is 2. The zero-order valence-corrected chi connectivity index (χ0v) is 17.3. The van der Waals surface area contributed by atoms with Gasteiger partial charge in [-0.15, -0.1) is 0 Å². The predicted octanol–water partition coefficient (Wildman–Crippen LogP) is 5.38. The molecule has 0 radical (unpaired) electrons. The van der Waals surface area contributed by atoms with E-state index in [0.29, 0.717) is 5.30 Å². The van der Waals surface area contributed by atoms with Gasteiger partial charge < -0.3 is 0 Å². The molecule has 0 saturated heterocycles. The van der Waals surface area contributed by atoms with Crippen molar-refractivity contribution in [2.24, 2.45) is 0 Å². The molecular formula is C24H28O2P+. The van der Waals surface area contributed by atoms with Crippen molar-refractivity contribution < 1.29 is 9.79 Å². The van der Waals surface area contributed by atoms with Crippen LogP contribution in [0.2, 0.25) is 0 Å². The third kappa shape index (κ3) is 3.99. The first-order chi connectivity index (χ1) is 12.8. The highest BCUT2D eigenvalue weighted by atomic mass is 31.2. The van der Waals surface area contributed by atoms with E-state index in [1.807, 2.05) is 60.7 Å². The van der Waals surface area contributed by atoms with E-state index in [1.165, 1.54) is 0 Å². The van der Waals surface area contributed by atoms with Crippen molar-refractivity contribution in [3.63, 3.8) is 0 Å². The van der Waals surface area contributed by atoms with Crippen LogP contribution in [0.1, 0.15) is 50.7 Å². The lowest BCUT2D eigenvalue weighted by molar-refractivity contribution is 0.478. The van der Waals surface area contributed by atoms with Gasteiger partial charge in [0.15, 0.2) is 10.6 Å². The molecule has 0 saturated carbocycles. The van der Waals surface area contributed by atoms with E-state index in [4.69, 9.17) is 0 Å². The summed E-state index contributed by atoms with van der Waals surface area (Å²) >= 11 is 0. The lowest BCUT2D eigenvalue weighted by atomic mass is 9.95. The Morgan fingerprint density at radius 3 is 1.56 bits per heavy atom. The fourth-order valence-corrected chi connectivity index (χ4v) is 5.70. The second kappa shape index (κ2) is 7.94. The van der Waals surface area contributed by atoms with Crippen LogP contribution in [-0.2, 0) is 0 Å². The van der Waals surface area contributed by atoms with Gasteiger partial charge in [0.05, 0.1) is 0 Å². The molecule has 0 heterocycles. The predicted molar refractivity (Wildman–Crippen MR) is 117 cm³/mol. The average Bonchev–Trinajstić information content (AvgIpc) is 2.68. The van der Waals surface area contributed by atoms with Crippen LogP contribution in [-0.4, -0.2) is 9.79 Å². The molecule has 3 rings (SSSR count). The van der Waals surface area contributed by atoms with Gasteiger partial charge in [0.1, 0.15) is 0 Å². The van der Waals surface area contributed by atoms with Crippen LogP contribution < -0.4 is 10.6 Å². The highest BCUT2D eigenvalue weighted by Crippen LogP contribution is 2.51. The Labute approximate surface area is 163 Å². The molecule has 3 aromatic rings. The first-order valence-corrected chi connectivity index (χ1v) is 11.2. The van der Waals surface area contributed by atoms with Crippen molar-refractivity contribution in [1.82, 2.24) is 0 Å². The van der Waals surface area contributed by atoms with Gasteiger partial charge in [0.2, 0.25) is 0 Å². The van der Waals surface area contributed by atoms with Gasteiger partial charge in [-0.3, -0.25) is 0 Å².